The normalized spacial score (nSPS) is 14.1. The number of aliphatic carboxylic acids is 1. The predicted octanol–water partition coefficient (Wildman–Crippen LogP) is 1.77. The van der Waals surface area contributed by atoms with E-state index in [1.807, 2.05) is 24.3 Å². The van der Waals surface area contributed by atoms with Gasteiger partial charge in [-0.15, -0.1) is 0 Å². The number of carbonyl (C=O) groups excluding carboxylic acids is 1. The van der Waals surface area contributed by atoms with E-state index in [1.54, 1.807) is 6.08 Å². The van der Waals surface area contributed by atoms with E-state index >= 15 is 0 Å². The zero-order valence-corrected chi connectivity index (χ0v) is 12.4. The van der Waals surface area contributed by atoms with Crippen LogP contribution < -0.4 is 5.32 Å². The van der Waals surface area contributed by atoms with Crippen molar-refractivity contribution < 1.29 is 19.8 Å². The van der Waals surface area contributed by atoms with Crippen LogP contribution in [0.1, 0.15) is 37.8 Å². The smallest absolute Gasteiger partial charge is 0.328 e. The molecule has 114 valence electrons. The molecule has 2 atom stereocenters. The topological polar surface area (TPSA) is 86.6 Å². The van der Waals surface area contributed by atoms with Crippen LogP contribution >= 0.6 is 0 Å². The third kappa shape index (κ3) is 5.39. The molecule has 0 aliphatic heterocycles. The number of rotatable bonds is 6. The molecular weight excluding hydrogens is 270 g/mol. The summed E-state index contributed by atoms with van der Waals surface area (Å²) in [5.74, 6) is -1.39. The number of amides is 1. The van der Waals surface area contributed by atoms with Crippen molar-refractivity contribution >= 4 is 18.0 Å². The van der Waals surface area contributed by atoms with Crippen LogP contribution in [0, 0.1) is 0 Å². The van der Waals surface area contributed by atoms with Crippen LogP contribution in [0.5, 0.6) is 0 Å². The summed E-state index contributed by atoms with van der Waals surface area (Å²) in [6, 6.07) is 6.44. The number of nitrogens with one attached hydrogen (secondary N) is 1. The van der Waals surface area contributed by atoms with Gasteiger partial charge in [0, 0.05) is 6.08 Å². The van der Waals surface area contributed by atoms with Crippen LogP contribution in [0.3, 0.4) is 0 Å². The zero-order chi connectivity index (χ0) is 16.0. The summed E-state index contributed by atoms with van der Waals surface area (Å²) in [4.78, 5) is 22.5. The number of aliphatic hydroxyl groups excluding tert-OH is 1. The first-order valence-corrected chi connectivity index (χ1v) is 6.80. The first-order valence-electron chi connectivity index (χ1n) is 6.80. The van der Waals surface area contributed by atoms with Crippen molar-refractivity contribution in [3.05, 3.63) is 41.5 Å². The molecule has 0 spiro atoms. The quantitative estimate of drug-likeness (QED) is 0.697. The second-order valence-electron chi connectivity index (χ2n) is 5.22. The van der Waals surface area contributed by atoms with E-state index in [2.05, 4.69) is 19.2 Å². The van der Waals surface area contributed by atoms with Gasteiger partial charge in [-0.3, -0.25) is 4.79 Å². The van der Waals surface area contributed by atoms with Gasteiger partial charge in [-0.1, -0.05) is 38.1 Å². The molecule has 5 nitrogen and oxygen atoms in total. The Bertz CT molecular complexity index is 518. The molecule has 0 aliphatic rings. The Morgan fingerprint density at radius 2 is 1.71 bits per heavy atom. The van der Waals surface area contributed by atoms with E-state index in [9.17, 15) is 14.7 Å². The average molecular weight is 291 g/mol. The molecule has 1 amide bonds. The molecule has 0 aliphatic carbocycles. The van der Waals surface area contributed by atoms with Crippen molar-refractivity contribution in [3.63, 3.8) is 0 Å². The van der Waals surface area contributed by atoms with Crippen molar-refractivity contribution in [2.45, 2.75) is 38.8 Å². The molecule has 0 aromatic heterocycles. The Morgan fingerprint density at radius 1 is 1.14 bits per heavy atom. The fourth-order valence-corrected chi connectivity index (χ4v) is 1.75. The van der Waals surface area contributed by atoms with Crippen LogP contribution in [0.25, 0.3) is 6.08 Å². The van der Waals surface area contributed by atoms with Gasteiger partial charge in [0.25, 0.3) is 0 Å². The largest absolute Gasteiger partial charge is 0.480 e. The van der Waals surface area contributed by atoms with Crippen LogP contribution in [0.4, 0.5) is 0 Å². The third-order valence-electron chi connectivity index (χ3n) is 3.08. The molecule has 0 bridgehead atoms. The Kier molecular flexibility index (Phi) is 6.11. The van der Waals surface area contributed by atoms with Gasteiger partial charge in [0.2, 0.25) is 5.91 Å². The summed E-state index contributed by atoms with van der Waals surface area (Å²) in [6.07, 6.45) is 1.69. The highest BCUT2D eigenvalue weighted by molar-refractivity contribution is 5.94. The number of carbonyl (C=O) groups is 2. The van der Waals surface area contributed by atoms with Gasteiger partial charge < -0.3 is 15.5 Å². The lowest BCUT2D eigenvalue weighted by Gasteiger charge is -2.15. The highest BCUT2D eigenvalue weighted by Crippen LogP contribution is 2.15. The lowest BCUT2D eigenvalue weighted by molar-refractivity contribution is -0.144. The van der Waals surface area contributed by atoms with Gasteiger partial charge >= 0.3 is 5.97 Å². The Balaban J connectivity index is 2.67. The second kappa shape index (κ2) is 7.59. The summed E-state index contributed by atoms with van der Waals surface area (Å²) in [7, 11) is 0. The van der Waals surface area contributed by atoms with Crippen molar-refractivity contribution in [3.8, 4) is 0 Å². The average Bonchev–Trinajstić information content (AvgIpc) is 2.42. The van der Waals surface area contributed by atoms with Crippen LogP contribution in [-0.4, -0.2) is 34.2 Å². The number of aliphatic hydroxyl groups is 1. The minimum Gasteiger partial charge on any atom is -0.480 e. The molecule has 3 N–H and O–H groups in total. The van der Waals surface area contributed by atoms with Gasteiger partial charge in [-0.2, -0.15) is 0 Å². The number of carboxylic acids is 1. The number of benzene rings is 1. The molecule has 5 heteroatoms. The number of hydrogen-bond donors (Lipinski definition) is 3. The Labute approximate surface area is 124 Å². The minimum absolute atomic E-state index is 0.439. The Hall–Kier alpha value is -2.14. The van der Waals surface area contributed by atoms with Gasteiger partial charge in [-0.05, 0) is 30.0 Å². The molecule has 2 unspecified atom stereocenters. The van der Waals surface area contributed by atoms with Gasteiger partial charge in [0.05, 0.1) is 6.10 Å². The first-order chi connectivity index (χ1) is 9.81. The zero-order valence-electron chi connectivity index (χ0n) is 12.4. The van der Waals surface area contributed by atoms with Gasteiger partial charge in [0.1, 0.15) is 0 Å². The van der Waals surface area contributed by atoms with Crippen LogP contribution in [0.15, 0.2) is 30.3 Å². The summed E-state index contributed by atoms with van der Waals surface area (Å²) in [5, 5.41) is 20.4. The third-order valence-corrected chi connectivity index (χ3v) is 3.08. The maximum Gasteiger partial charge on any atom is 0.328 e. The first kappa shape index (κ1) is 16.9. The van der Waals surface area contributed by atoms with E-state index in [-0.39, 0.29) is 0 Å². The molecule has 0 heterocycles. The van der Waals surface area contributed by atoms with Crippen molar-refractivity contribution in [2.75, 3.05) is 0 Å². The SMILES string of the molecule is CC(C)c1ccc(/C=C/C(=O)NC(C(=O)O)C(C)O)cc1. The molecule has 0 saturated heterocycles. The van der Waals surface area contributed by atoms with Crippen molar-refractivity contribution in [2.24, 2.45) is 0 Å². The molecule has 0 saturated carbocycles. The molecule has 0 fully saturated rings. The summed E-state index contributed by atoms with van der Waals surface area (Å²) in [6.45, 7) is 5.51. The molecule has 1 aromatic rings. The van der Waals surface area contributed by atoms with Gasteiger partial charge in [0.15, 0.2) is 6.04 Å². The van der Waals surface area contributed by atoms with E-state index in [0.717, 1.165) is 5.56 Å². The molecular formula is C16H21NO4. The fraction of sp³-hybridized carbons (Fsp3) is 0.375. The molecule has 0 radical (unpaired) electrons. The van der Waals surface area contributed by atoms with Crippen molar-refractivity contribution in [1.29, 1.82) is 0 Å². The van der Waals surface area contributed by atoms with E-state index in [4.69, 9.17) is 5.11 Å². The minimum atomic E-state index is -1.31. The standard InChI is InChI=1S/C16H21NO4/c1-10(2)13-7-4-12(5-8-13)6-9-14(19)17-15(11(3)18)16(20)21/h4-11,15,18H,1-3H3,(H,17,19)(H,20,21)/b9-6+. The number of hydrogen-bond acceptors (Lipinski definition) is 3. The predicted molar refractivity (Wildman–Crippen MR) is 80.8 cm³/mol. The summed E-state index contributed by atoms with van der Waals surface area (Å²) in [5.41, 5.74) is 2.05. The lowest BCUT2D eigenvalue weighted by atomic mass is 10.0. The van der Waals surface area contributed by atoms with E-state index in [1.165, 1.54) is 18.6 Å². The fourth-order valence-electron chi connectivity index (χ4n) is 1.75. The second-order valence-corrected chi connectivity index (χ2v) is 5.22. The lowest BCUT2D eigenvalue weighted by Crippen LogP contribution is -2.47. The molecule has 21 heavy (non-hydrogen) atoms. The molecule has 1 rings (SSSR count). The highest BCUT2D eigenvalue weighted by atomic mass is 16.4. The Morgan fingerprint density at radius 3 is 2.14 bits per heavy atom. The monoisotopic (exact) mass is 291 g/mol. The summed E-state index contributed by atoms with van der Waals surface area (Å²) >= 11 is 0. The number of carboxylic acid groups (broad SMARTS) is 1. The van der Waals surface area contributed by atoms with Crippen LogP contribution in [0.2, 0.25) is 0 Å². The maximum atomic E-state index is 11.6. The highest BCUT2D eigenvalue weighted by Gasteiger charge is 2.23. The van der Waals surface area contributed by atoms with Gasteiger partial charge in [-0.25, -0.2) is 4.79 Å². The summed E-state index contributed by atoms with van der Waals surface area (Å²) < 4.78 is 0. The molecule has 1 aromatic carbocycles. The van der Waals surface area contributed by atoms with Crippen molar-refractivity contribution in [1.82, 2.24) is 5.32 Å². The van der Waals surface area contributed by atoms with Crippen LogP contribution in [-0.2, 0) is 9.59 Å². The maximum absolute atomic E-state index is 11.6. The van der Waals surface area contributed by atoms with E-state index in [0.29, 0.717) is 5.92 Å². The van der Waals surface area contributed by atoms with E-state index < -0.39 is 24.0 Å².